The predicted octanol–water partition coefficient (Wildman–Crippen LogP) is 10.0. The molecule has 3 aromatic heterocycles. The maximum absolute atomic E-state index is 5.52. The summed E-state index contributed by atoms with van der Waals surface area (Å²) >= 11 is 0. The van der Waals surface area contributed by atoms with Gasteiger partial charge in [0.25, 0.3) is 0 Å². The zero-order chi connectivity index (χ0) is 38.6. The molecule has 0 aliphatic heterocycles. The summed E-state index contributed by atoms with van der Waals surface area (Å²) in [5.41, 5.74) is 7.50. The first kappa shape index (κ1) is 33.9. The highest BCUT2D eigenvalue weighted by Crippen LogP contribution is 2.35. The Bertz CT molecular complexity index is 3010. The van der Waals surface area contributed by atoms with Crippen molar-refractivity contribution in [3.05, 3.63) is 218 Å². The van der Waals surface area contributed by atoms with Gasteiger partial charge in [-0.25, -0.2) is 4.98 Å². The fourth-order valence-electron chi connectivity index (χ4n) is 9.18. The lowest BCUT2D eigenvalue weighted by molar-refractivity contribution is 0.952. The third-order valence-electron chi connectivity index (χ3n) is 11.8. The summed E-state index contributed by atoms with van der Waals surface area (Å²) < 4.78 is 4.53. The van der Waals surface area contributed by atoms with Crippen LogP contribution in [0.1, 0.15) is 5.56 Å². The summed E-state index contributed by atoms with van der Waals surface area (Å²) in [5.74, 6) is 1.45. The molecule has 0 saturated heterocycles. The van der Waals surface area contributed by atoms with E-state index < -0.39 is 8.07 Å². The van der Waals surface area contributed by atoms with E-state index in [1.54, 1.807) is 0 Å². The largest absolute Gasteiger partial charge is 0.294 e. The van der Waals surface area contributed by atoms with Gasteiger partial charge in [0.05, 0.1) is 27.8 Å². The van der Waals surface area contributed by atoms with Crippen LogP contribution in [0, 0.1) is 6.92 Å². The number of aryl methyl sites for hydroxylation is 1. The summed E-state index contributed by atoms with van der Waals surface area (Å²) in [6.07, 6.45) is 0. The first-order valence-corrected chi connectivity index (χ1v) is 21.8. The second-order valence-electron chi connectivity index (χ2n) is 15.1. The molecule has 0 atom stereocenters. The fraction of sp³-hybridized carbons (Fsp3) is 0.0189. The molecule has 0 aliphatic rings. The summed E-state index contributed by atoms with van der Waals surface area (Å²) in [7, 11) is -2.82. The Hall–Kier alpha value is -7.34. The Morgan fingerprint density at radius 2 is 0.793 bits per heavy atom. The highest BCUT2D eigenvalue weighted by Gasteiger charge is 2.41. The molecule has 0 amide bonds. The van der Waals surface area contributed by atoms with Crippen molar-refractivity contribution in [2.24, 2.45) is 0 Å². The van der Waals surface area contributed by atoms with Crippen molar-refractivity contribution in [1.82, 2.24) is 19.1 Å². The molecule has 0 saturated carbocycles. The fourth-order valence-corrected chi connectivity index (χ4v) is 14.0. The van der Waals surface area contributed by atoms with Gasteiger partial charge in [0.15, 0.2) is 8.07 Å². The van der Waals surface area contributed by atoms with Crippen LogP contribution in [-0.2, 0) is 0 Å². The minimum atomic E-state index is -2.82. The van der Waals surface area contributed by atoms with Crippen LogP contribution in [0.5, 0.6) is 0 Å². The average molecular weight is 759 g/mol. The van der Waals surface area contributed by atoms with E-state index in [9.17, 15) is 0 Å². The van der Waals surface area contributed by atoms with Crippen LogP contribution in [-0.4, -0.2) is 27.2 Å². The van der Waals surface area contributed by atoms with E-state index in [4.69, 9.17) is 9.97 Å². The van der Waals surface area contributed by atoms with Crippen molar-refractivity contribution in [3.8, 4) is 23.0 Å². The molecule has 58 heavy (non-hydrogen) atoms. The van der Waals surface area contributed by atoms with Crippen LogP contribution < -0.4 is 20.7 Å². The number of hydrogen-bond acceptors (Lipinski definition) is 2. The SMILES string of the molecule is Cc1ccc([Si](c2ccccc2)(c2ccccc2)c2cccc(-c3cc(-n4c5ccccc5c5ccccc54)nc(-n4c5ccccc5c5ccccc54)n3)c2)cc1. The van der Waals surface area contributed by atoms with Crippen LogP contribution in [0.15, 0.2) is 212 Å². The predicted molar refractivity (Wildman–Crippen MR) is 244 cm³/mol. The molecule has 0 unspecified atom stereocenters. The molecule has 11 aromatic rings. The molecule has 0 aliphatic carbocycles. The quantitative estimate of drug-likeness (QED) is 0.120. The highest BCUT2D eigenvalue weighted by molar-refractivity contribution is 7.19. The topological polar surface area (TPSA) is 35.6 Å². The molecule has 0 bridgehead atoms. The molecule has 4 nitrogen and oxygen atoms in total. The molecule has 11 rings (SSSR count). The van der Waals surface area contributed by atoms with Crippen molar-refractivity contribution >= 4 is 72.4 Å². The zero-order valence-corrected chi connectivity index (χ0v) is 33.0. The van der Waals surface area contributed by atoms with E-state index >= 15 is 0 Å². The summed E-state index contributed by atoms with van der Waals surface area (Å²) in [5, 5.41) is 10.0. The smallest absolute Gasteiger partial charge is 0.237 e. The van der Waals surface area contributed by atoms with E-state index in [2.05, 4.69) is 228 Å². The van der Waals surface area contributed by atoms with Crippen LogP contribution in [0.4, 0.5) is 0 Å². The maximum Gasteiger partial charge on any atom is 0.237 e. The molecule has 0 spiro atoms. The number of para-hydroxylation sites is 4. The van der Waals surface area contributed by atoms with Gasteiger partial charge in [0.2, 0.25) is 5.95 Å². The average Bonchev–Trinajstić information content (AvgIpc) is 3.81. The maximum atomic E-state index is 5.52. The number of nitrogens with zero attached hydrogens (tertiary/aromatic N) is 4. The second kappa shape index (κ2) is 13.7. The Balaban J connectivity index is 1.22. The molecule has 0 N–H and O–H groups in total. The van der Waals surface area contributed by atoms with Gasteiger partial charge in [0, 0.05) is 33.2 Å². The molecule has 8 aromatic carbocycles. The number of hydrogen-bond donors (Lipinski definition) is 0. The summed E-state index contributed by atoms with van der Waals surface area (Å²) in [6.45, 7) is 2.16. The van der Waals surface area contributed by atoms with Crippen molar-refractivity contribution in [3.63, 3.8) is 0 Å². The first-order chi connectivity index (χ1) is 28.7. The van der Waals surface area contributed by atoms with E-state index in [0.29, 0.717) is 5.95 Å². The second-order valence-corrected chi connectivity index (χ2v) is 18.9. The van der Waals surface area contributed by atoms with Gasteiger partial charge in [-0.3, -0.25) is 9.13 Å². The monoisotopic (exact) mass is 758 g/mol. The highest BCUT2D eigenvalue weighted by atomic mass is 28.3. The molecular weight excluding hydrogens is 721 g/mol. The lowest BCUT2D eigenvalue weighted by Gasteiger charge is -2.34. The van der Waals surface area contributed by atoms with Gasteiger partial charge >= 0.3 is 0 Å². The molecular formula is C53H38N4Si. The zero-order valence-electron chi connectivity index (χ0n) is 32.0. The third-order valence-corrected chi connectivity index (χ3v) is 16.6. The van der Waals surface area contributed by atoms with E-state index in [-0.39, 0.29) is 0 Å². The Morgan fingerprint density at radius 1 is 0.362 bits per heavy atom. The molecule has 274 valence electrons. The van der Waals surface area contributed by atoms with Crippen molar-refractivity contribution in [2.75, 3.05) is 0 Å². The number of fused-ring (bicyclic) bond motifs is 6. The van der Waals surface area contributed by atoms with Crippen LogP contribution in [0.3, 0.4) is 0 Å². The van der Waals surface area contributed by atoms with Gasteiger partial charge in [-0.15, -0.1) is 0 Å². The van der Waals surface area contributed by atoms with Crippen molar-refractivity contribution in [2.45, 2.75) is 6.92 Å². The Labute approximate surface area is 338 Å². The minimum absolute atomic E-state index is 0.630. The van der Waals surface area contributed by atoms with E-state index in [1.165, 1.54) is 47.9 Å². The number of benzene rings is 8. The Morgan fingerprint density at radius 3 is 1.31 bits per heavy atom. The lowest BCUT2D eigenvalue weighted by atomic mass is 10.1. The van der Waals surface area contributed by atoms with Crippen LogP contribution in [0.25, 0.3) is 66.6 Å². The van der Waals surface area contributed by atoms with E-state index in [1.807, 2.05) is 0 Å². The summed E-state index contributed by atoms with van der Waals surface area (Å²) in [6, 6.07) is 77.2. The lowest BCUT2D eigenvalue weighted by Crippen LogP contribution is -2.74. The van der Waals surface area contributed by atoms with Gasteiger partial charge in [-0.05, 0) is 51.9 Å². The first-order valence-electron chi connectivity index (χ1n) is 19.8. The summed E-state index contributed by atoms with van der Waals surface area (Å²) in [4.78, 5) is 11.0. The van der Waals surface area contributed by atoms with E-state index in [0.717, 1.165) is 39.1 Å². The normalized spacial score (nSPS) is 11.9. The van der Waals surface area contributed by atoms with Crippen molar-refractivity contribution in [1.29, 1.82) is 0 Å². The van der Waals surface area contributed by atoms with Crippen LogP contribution in [0.2, 0.25) is 0 Å². The Kier molecular flexibility index (Phi) is 8.02. The van der Waals surface area contributed by atoms with Gasteiger partial charge in [0.1, 0.15) is 5.82 Å². The molecule has 5 heteroatoms. The van der Waals surface area contributed by atoms with Gasteiger partial charge < -0.3 is 0 Å². The minimum Gasteiger partial charge on any atom is -0.294 e. The third kappa shape index (κ3) is 5.28. The number of aromatic nitrogens is 4. The van der Waals surface area contributed by atoms with Gasteiger partial charge in [-0.1, -0.05) is 188 Å². The number of rotatable bonds is 7. The molecule has 3 heterocycles. The van der Waals surface area contributed by atoms with Crippen molar-refractivity contribution < 1.29 is 0 Å². The van der Waals surface area contributed by atoms with Gasteiger partial charge in [-0.2, -0.15) is 4.98 Å². The molecule has 0 radical (unpaired) electrons. The van der Waals surface area contributed by atoms with Crippen LogP contribution >= 0.6 is 0 Å². The molecule has 0 fully saturated rings. The standard InChI is InChI=1S/C53H38N4Si/c1-37-31-33-41(34-32-37)58(39-18-4-2-5-19-39,40-20-6-3-7-21-40)42-22-16-17-38(35-42)47-36-52(56-48-27-12-8-23-43(48)44-24-9-13-28-49(44)56)55-53(54-47)57-50-29-14-10-25-45(50)46-26-11-15-30-51(46)57/h2-36H,1H3.